The molecule has 2 aliphatic rings. The lowest BCUT2D eigenvalue weighted by molar-refractivity contribution is 0.0951. The Balaban J connectivity index is 1.65. The number of morpholine rings is 1. The average molecular weight is 382 g/mol. The minimum absolute atomic E-state index is 0.0672. The Kier molecular flexibility index (Phi) is 5.83. The van der Waals surface area contributed by atoms with Crippen LogP contribution >= 0.6 is 0 Å². The van der Waals surface area contributed by atoms with Crippen molar-refractivity contribution in [1.29, 1.82) is 0 Å². The third kappa shape index (κ3) is 4.00. The quantitative estimate of drug-likeness (QED) is 0.738. The maximum atomic E-state index is 12.4. The highest BCUT2D eigenvalue weighted by Gasteiger charge is 2.23. The van der Waals surface area contributed by atoms with Crippen molar-refractivity contribution in [1.82, 2.24) is 15.3 Å². The van der Waals surface area contributed by atoms with Crippen LogP contribution in [0, 0.1) is 0 Å². The zero-order valence-corrected chi connectivity index (χ0v) is 16.0. The van der Waals surface area contributed by atoms with Crippen LogP contribution in [0.4, 0.5) is 5.95 Å². The summed E-state index contributed by atoms with van der Waals surface area (Å²) in [5.74, 6) is 0.631. The summed E-state index contributed by atoms with van der Waals surface area (Å²) in [6.07, 6.45) is 3.59. The molecule has 28 heavy (non-hydrogen) atoms. The number of carbonyl (C=O) groups excluding carboxylic acids is 1. The van der Waals surface area contributed by atoms with Gasteiger partial charge in [-0.2, -0.15) is 0 Å². The van der Waals surface area contributed by atoms with Crippen LogP contribution in [-0.4, -0.2) is 60.4 Å². The summed E-state index contributed by atoms with van der Waals surface area (Å²) in [5, 5.41) is 11.7. The topological polar surface area (TPSA) is 87.6 Å². The van der Waals surface area contributed by atoms with E-state index in [0.717, 1.165) is 55.3 Å². The molecule has 7 heteroatoms. The van der Waals surface area contributed by atoms with Gasteiger partial charge in [0, 0.05) is 48.6 Å². The van der Waals surface area contributed by atoms with E-state index in [1.807, 2.05) is 24.3 Å². The first-order chi connectivity index (χ1) is 13.8. The van der Waals surface area contributed by atoms with Gasteiger partial charge in [0.2, 0.25) is 5.95 Å². The summed E-state index contributed by atoms with van der Waals surface area (Å²) in [7, 11) is 0. The fraction of sp³-hybridized carbons (Fsp3) is 0.476. The van der Waals surface area contributed by atoms with Gasteiger partial charge in [-0.25, -0.2) is 9.97 Å². The summed E-state index contributed by atoms with van der Waals surface area (Å²) in [5.41, 5.74) is 4.83. The maximum absolute atomic E-state index is 12.4. The van der Waals surface area contributed by atoms with Crippen LogP contribution in [0.1, 0.15) is 34.5 Å². The van der Waals surface area contributed by atoms with Gasteiger partial charge >= 0.3 is 0 Å². The summed E-state index contributed by atoms with van der Waals surface area (Å²) in [6.45, 7) is 3.51. The van der Waals surface area contributed by atoms with E-state index in [1.54, 1.807) is 0 Å². The number of carbonyl (C=O) groups is 1. The number of hydrogen-bond acceptors (Lipinski definition) is 6. The van der Waals surface area contributed by atoms with Crippen molar-refractivity contribution in [3.63, 3.8) is 0 Å². The molecule has 0 radical (unpaired) electrons. The molecule has 1 amide bonds. The summed E-state index contributed by atoms with van der Waals surface area (Å²) in [4.78, 5) is 24.3. The number of hydrogen-bond donors (Lipinski definition) is 2. The SMILES string of the molecule is O=C(NCCCO)c1cccc(-c2nc(N3CCOCC3)nc3c2CCC3)c1. The van der Waals surface area contributed by atoms with Crippen molar-refractivity contribution in [3.05, 3.63) is 41.1 Å². The fourth-order valence-corrected chi connectivity index (χ4v) is 3.75. The van der Waals surface area contributed by atoms with Gasteiger partial charge in [-0.3, -0.25) is 4.79 Å². The molecule has 148 valence electrons. The standard InChI is InChI=1S/C21H26N4O3/c26-11-3-8-22-20(27)16-5-1-4-15(14-16)19-17-6-2-7-18(17)23-21(24-19)25-9-12-28-13-10-25/h1,4-5,14,26H,2-3,6-13H2,(H,22,27). The minimum atomic E-state index is -0.130. The van der Waals surface area contributed by atoms with Crippen molar-refractivity contribution in [2.24, 2.45) is 0 Å². The molecule has 7 nitrogen and oxygen atoms in total. The molecule has 0 unspecified atom stereocenters. The molecular weight excluding hydrogens is 356 g/mol. The molecular formula is C21H26N4O3. The van der Waals surface area contributed by atoms with E-state index in [4.69, 9.17) is 19.8 Å². The second kappa shape index (κ2) is 8.67. The molecule has 1 aliphatic heterocycles. The smallest absolute Gasteiger partial charge is 0.251 e. The zero-order chi connectivity index (χ0) is 19.3. The molecule has 1 aromatic heterocycles. The Labute approximate surface area is 164 Å². The van der Waals surface area contributed by atoms with Crippen molar-refractivity contribution < 1.29 is 14.6 Å². The van der Waals surface area contributed by atoms with Gasteiger partial charge in [0.15, 0.2) is 0 Å². The molecule has 0 saturated carbocycles. The molecule has 4 rings (SSSR count). The minimum Gasteiger partial charge on any atom is -0.396 e. The maximum Gasteiger partial charge on any atom is 0.251 e. The highest BCUT2D eigenvalue weighted by molar-refractivity contribution is 5.95. The van der Waals surface area contributed by atoms with E-state index >= 15 is 0 Å². The van der Waals surface area contributed by atoms with E-state index in [1.165, 1.54) is 5.56 Å². The van der Waals surface area contributed by atoms with Crippen LogP contribution in [0.3, 0.4) is 0 Å². The third-order valence-electron chi connectivity index (χ3n) is 5.23. The highest BCUT2D eigenvalue weighted by Crippen LogP contribution is 2.32. The Morgan fingerprint density at radius 1 is 1.21 bits per heavy atom. The fourth-order valence-electron chi connectivity index (χ4n) is 3.75. The second-order valence-corrected chi connectivity index (χ2v) is 7.16. The number of fused-ring (bicyclic) bond motifs is 1. The van der Waals surface area contributed by atoms with Gasteiger partial charge in [0.1, 0.15) is 0 Å². The van der Waals surface area contributed by atoms with Crippen LogP contribution in [-0.2, 0) is 17.6 Å². The molecule has 2 heterocycles. The molecule has 1 aromatic carbocycles. The monoisotopic (exact) mass is 382 g/mol. The normalized spacial score (nSPS) is 16.1. The second-order valence-electron chi connectivity index (χ2n) is 7.16. The lowest BCUT2D eigenvalue weighted by Crippen LogP contribution is -2.37. The van der Waals surface area contributed by atoms with Crippen LogP contribution in [0.2, 0.25) is 0 Å². The predicted molar refractivity (Wildman–Crippen MR) is 107 cm³/mol. The van der Waals surface area contributed by atoms with Crippen molar-refractivity contribution in [2.45, 2.75) is 25.7 Å². The zero-order valence-electron chi connectivity index (χ0n) is 16.0. The van der Waals surface area contributed by atoms with Crippen molar-refractivity contribution in [2.75, 3.05) is 44.4 Å². The van der Waals surface area contributed by atoms with E-state index in [2.05, 4.69) is 10.2 Å². The number of nitrogens with zero attached hydrogens (tertiary/aromatic N) is 3. The number of aryl methyl sites for hydroxylation is 1. The molecule has 0 bridgehead atoms. The molecule has 2 aromatic rings. The first-order valence-electron chi connectivity index (χ1n) is 9.98. The molecule has 1 aliphatic carbocycles. The number of rotatable bonds is 6. The van der Waals surface area contributed by atoms with Gasteiger partial charge in [0.05, 0.1) is 18.9 Å². The molecule has 0 spiro atoms. The number of nitrogens with one attached hydrogen (secondary N) is 1. The summed E-state index contributed by atoms with van der Waals surface area (Å²) < 4.78 is 5.45. The van der Waals surface area contributed by atoms with Crippen LogP contribution < -0.4 is 10.2 Å². The largest absolute Gasteiger partial charge is 0.396 e. The molecule has 0 atom stereocenters. The number of aromatic nitrogens is 2. The van der Waals surface area contributed by atoms with Gasteiger partial charge in [0.25, 0.3) is 5.91 Å². The Morgan fingerprint density at radius 2 is 2.07 bits per heavy atom. The van der Waals surface area contributed by atoms with Crippen molar-refractivity contribution in [3.8, 4) is 11.3 Å². The van der Waals surface area contributed by atoms with E-state index in [-0.39, 0.29) is 12.5 Å². The lowest BCUT2D eigenvalue weighted by atomic mass is 10.0. The average Bonchev–Trinajstić information content (AvgIpc) is 3.22. The van der Waals surface area contributed by atoms with E-state index in [9.17, 15) is 4.79 Å². The number of anilines is 1. The van der Waals surface area contributed by atoms with Gasteiger partial charge in [-0.1, -0.05) is 12.1 Å². The Bertz CT molecular complexity index is 850. The molecule has 1 saturated heterocycles. The molecule has 1 fully saturated rings. The molecule has 2 N–H and O–H groups in total. The summed E-state index contributed by atoms with van der Waals surface area (Å²) in [6, 6.07) is 7.61. The van der Waals surface area contributed by atoms with Crippen LogP contribution in [0.25, 0.3) is 11.3 Å². The van der Waals surface area contributed by atoms with Gasteiger partial charge < -0.3 is 20.1 Å². The van der Waals surface area contributed by atoms with Crippen LogP contribution in [0.15, 0.2) is 24.3 Å². The number of aliphatic hydroxyl groups excluding tert-OH is 1. The van der Waals surface area contributed by atoms with E-state index in [0.29, 0.717) is 31.7 Å². The highest BCUT2D eigenvalue weighted by atomic mass is 16.5. The Hall–Kier alpha value is -2.51. The number of amides is 1. The Morgan fingerprint density at radius 3 is 2.89 bits per heavy atom. The number of ether oxygens (including phenoxy) is 1. The van der Waals surface area contributed by atoms with Gasteiger partial charge in [-0.15, -0.1) is 0 Å². The van der Waals surface area contributed by atoms with Gasteiger partial charge in [-0.05, 0) is 37.8 Å². The first kappa shape index (κ1) is 18.8. The first-order valence-corrected chi connectivity index (χ1v) is 9.98. The number of benzene rings is 1. The van der Waals surface area contributed by atoms with Crippen LogP contribution in [0.5, 0.6) is 0 Å². The predicted octanol–water partition coefficient (Wildman–Crippen LogP) is 1.58. The summed E-state index contributed by atoms with van der Waals surface area (Å²) >= 11 is 0. The van der Waals surface area contributed by atoms with Crippen molar-refractivity contribution >= 4 is 11.9 Å². The third-order valence-corrected chi connectivity index (χ3v) is 5.23. The number of aliphatic hydroxyl groups is 1. The lowest BCUT2D eigenvalue weighted by Gasteiger charge is -2.27. The van der Waals surface area contributed by atoms with E-state index < -0.39 is 0 Å².